The summed E-state index contributed by atoms with van der Waals surface area (Å²) in [5, 5.41) is 15.1. The number of pyridine rings is 1. The zero-order valence-electron chi connectivity index (χ0n) is 21.8. The molecule has 0 fully saturated rings. The van der Waals surface area contributed by atoms with E-state index in [0.29, 0.717) is 17.8 Å². The molecule has 41 heavy (non-hydrogen) atoms. The molecule has 1 heterocycles. The quantitative estimate of drug-likeness (QED) is 0.182. The van der Waals surface area contributed by atoms with Crippen molar-refractivity contribution in [2.45, 2.75) is 30.8 Å². The molecule has 4 N–H and O–H groups in total. The standard InChI is InChI=1S/C29H26Cl2N4O5S/c1-18-7-10-22(15-25(18)34-29(38)33-17-20-4-3-13-32-16-20)21-11-8-19(9-12-21)14-26(28(36)37)35-41(39,40)27-23(30)5-2-6-24(27)31/h2-13,15-16,26,35H,14,17H2,1H3,(H,36,37)(H2,33,34,38)/t26-/m0/s1. The second-order valence-electron chi connectivity index (χ2n) is 9.16. The van der Waals surface area contributed by atoms with Gasteiger partial charge in [0.05, 0.1) is 10.0 Å². The number of carboxylic acids is 1. The molecule has 9 nitrogen and oxygen atoms in total. The summed E-state index contributed by atoms with van der Waals surface area (Å²) in [6.07, 6.45) is 3.22. The van der Waals surface area contributed by atoms with Crippen LogP contribution in [0.1, 0.15) is 16.7 Å². The van der Waals surface area contributed by atoms with Crippen molar-refractivity contribution >= 4 is 50.9 Å². The monoisotopic (exact) mass is 612 g/mol. The van der Waals surface area contributed by atoms with E-state index >= 15 is 0 Å². The van der Waals surface area contributed by atoms with Gasteiger partial charge in [0, 0.05) is 24.6 Å². The summed E-state index contributed by atoms with van der Waals surface area (Å²) >= 11 is 12.0. The van der Waals surface area contributed by atoms with E-state index in [1.54, 1.807) is 42.7 Å². The van der Waals surface area contributed by atoms with Crippen molar-refractivity contribution in [1.29, 1.82) is 0 Å². The third-order valence-electron chi connectivity index (χ3n) is 6.17. The van der Waals surface area contributed by atoms with Crippen LogP contribution in [0.4, 0.5) is 10.5 Å². The van der Waals surface area contributed by atoms with Crippen LogP contribution in [-0.4, -0.2) is 36.6 Å². The van der Waals surface area contributed by atoms with Crippen molar-refractivity contribution in [2.24, 2.45) is 0 Å². The molecule has 0 aliphatic carbocycles. The first-order valence-electron chi connectivity index (χ1n) is 12.4. The second kappa shape index (κ2) is 13.1. The maximum atomic E-state index is 12.9. The second-order valence-corrected chi connectivity index (χ2v) is 11.6. The van der Waals surface area contributed by atoms with Crippen molar-refractivity contribution in [1.82, 2.24) is 15.0 Å². The van der Waals surface area contributed by atoms with Gasteiger partial charge < -0.3 is 15.7 Å². The van der Waals surface area contributed by atoms with Crippen molar-refractivity contribution in [2.75, 3.05) is 5.32 Å². The molecule has 212 valence electrons. The van der Waals surface area contributed by atoms with Gasteiger partial charge in [-0.25, -0.2) is 13.2 Å². The Hall–Kier alpha value is -3.96. The Balaban J connectivity index is 1.45. The highest BCUT2D eigenvalue weighted by molar-refractivity contribution is 7.89. The Morgan fingerprint density at radius 2 is 1.61 bits per heavy atom. The molecule has 1 aromatic heterocycles. The summed E-state index contributed by atoms with van der Waals surface area (Å²) in [5.41, 5.74) is 4.62. The number of halogens is 2. The fourth-order valence-electron chi connectivity index (χ4n) is 4.02. The number of anilines is 1. The van der Waals surface area contributed by atoms with E-state index in [0.717, 1.165) is 22.3 Å². The predicted molar refractivity (Wildman–Crippen MR) is 159 cm³/mol. The number of hydrogen-bond donors (Lipinski definition) is 4. The lowest BCUT2D eigenvalue weighted by Crippen LogP contribution is -2.42. The van der Waals surface area contributed by atoms with Gasteiger partial charge in [-0.15, -0.1) is 0 Å². The van der Waals surface area contributed by atoms with Gasteiger partial charge in [0.1, 0.15) is 10.9 Å². The van der Waals surface area contributed by atoms with E-state index in [-0.39, 0.29) is 27.4 Å². The number of carbonyl (C=O) groups is 2. The summed E-state index contributed by atoms with van der Waals surface area (Å²) in [7, 11) is -4.31. The number of carbonyl (C=O) groups excluding carboxylic acids is 1. The van der Waals surface area contributed by atoms with E-state index in [1.165, 1.54) is 18.2 Å². The first-order chi connectivity index (χ1) is 19.5. The number of amides is 2. The van der Waals surface area contributed by atoms with Crippen LogP contribution in [0.2, 0.25) is 10.0 Å². The number of hydrogen-bond acceptors (Lipinski definition) is 5. The molecule has 0 aliphatic rings. The maximum Gasteiger partial charge on any atom is 0.322 e. The average Bonchev–Trinajstić information content (AvgIpc) is 2.93. The average molecular weight is 614 g/mol. The number of benzene rings is 3. The molecule has 1 atom stereocenters. The normalized spacial score (nSPS) is 12.0. The van der Waals surface area contributed by atoms with E-state index in [2.05, 4.69) is 20.3 Å². The van der Waals surface area contributed by atoms with Crippen LogP contribution in [-0.2, 0) is 27.8 Å². The minimum atomic E-state index is -4.31. The highest BCUT2D eigenvalue weighted by atomic mass is 35.5. The molecule has 2 amide bonds. The van der Waals surface area contributed by atoms with E-state index in [4.69, 9.17) is 23.2 Å². The fourth-order valence-corrected chi connectivity index (χ4v) is 6.35. The molecule has 0 saturated heterocycles. The number of nitrogens with one attached hydrogen (secondary N) is 3. The van der Waals surface area contributed by atoms with Crippen molar-refractivity contribution in [3.63, 3.8) is 0 Å². The molecule has 0 spiro atoms. The van der Waals surface area contributed by atoms with Crippen molar-refractivity contribution in [3.8, 4) is 11.1 Å². The van der Waals surface area contributed by atoms with Gasteiger partial charge in [0.2, 0.25) is 10.0 Å². The number of aryl methyl sites for hydroxylation is 1. The summed E-state index contributed by atoms with van der Waals surface area (Å²) in [6.45, 7) is 2.21. The lowest BCUT2D eigenvalue weighted by Gasteiger charge is -2.17. The lowest BCUT2D eigenvalue weighted by molar-refractivity contribution is -0.138. The topological polar surface area (TPSA) is 137 Å². The first-order valence-corrected chi connectivity index (χ1v) is 14.6. The predicted octanol–water partition coefficient (Wildman–Crippen LogP) is 5.66. The zero-order chi connectivity index (χ0) is 29.6. The summed E-state index contributed by atoms with van der Waals surface area (Å²) in [4.78, 5) is 28.0. The van der Waals surface area contributed by atoms with Gasteiger partial charge in [-0.3, -0.25) is 9.78 Å². The van der Waals surface area contributed by atoms with Crippen LogP contribution < -0.4 is 15.4 Å². The van der Waals surface area contributed by atoms with E-state index in [1.807, 2.05) is 31.2 Å². The molecule has 0 saturated carbocycles. The highest BCUT2D eigenvalue weighted by Gasteiger charge is 2.29. The summed E-state index contributed by atoms with van der Waals surface area (Å²) < 4.78 is 28.0. The number of nitrogens with zero attached hydrogens (tertiary/aromatic N) is 1. The van der Waals surface area contributed by atoms with Crippen LogP contribution in [0.3, 0.4) is 0 Å². The smallest absolute Gasteiger partial charge is 0.322 e. The van der Waals surface area contributed by atoms with Gasteiger partial charge in [0.25, 0.3) is 0 Å². The molecule has 4 rings (SSSR count). The molecular weight excluding hydrogens is 587 g/mol. The molecule has 4 aromatic rings. The molecule has 12 heteroatoms. The summed E-state index contributed by atoms with van der Waals surface area (Å²) in [5.74, 6) is -1.35. The Morgan fingerprint density at radius 1 is 0.927 bits per heavy atom. The number of sulfonamides is 1. The molecule has 0 radical (unpaired) electrons. The number of aliphatic carboxylic acids is 1. The minimum absolute atomic E-state index is 0.114. The molecule has 0 unspecified atom stereocenters. The number of carboxylic acid groups (broad SMARTS) is 1. The molecule has 0 aliphatic heterocycles. The minimum Gasteiger partial charge on any atom is -0.480 e. The highest BCUT2D eigenvalue weighted by Crippen LogP contribution is 2.29. The van der Waals surface area contributed by atoms with E-state index in [9.17, 15) is 23.1 Å². The van der Waals surface area contributed by atoms with Crippen LogP contribution >= 0.6 is 23.2 Å². The lowest BCUT2D eigenvalue weighted by atomic mass is 9.99. The van der Waals surface area contributed by atoms with Gasteiger partial charge in [-0.05, 0) is 65.4 Å². The Kier molecular flexibility index (Phi) is 9.61. The van der Waals surface area contributed by atoms with Crippen molar-refractivity contribution < 1.29 is 23.1 Å². The number of aromatic nitrogens is 1. The molecule has 3 aromatic carbocycles. The van der Waals surface area contributed by atoms with Gasteiger partial charge in [0.15, 0.2) is 0 Å². The third-order valence-corrected chi connectivity index (χ3v) is 8.60. The van der Waals surface area contributed by atoms with Crippen LogP contribution in [0.15, 0.2) is 90.1 Å². The van der Waals surface area contributed by atoms with Gasteiger partial charge in [-0.1, -0.05) is 71.7 Å². The van der Waals surface area contributed by atoms with Gasteiger partial charge >= 0.3 is 12.0 Å². The Labute approximate surface area is 247 Å². The maximum absolute atomic E-state index is 12.9. The Bertz CT molecular complexity index is 1650. The van der Waals surface area contributed by atoms with Crippen LogP contribution in [0, 0.1) is 6.92 Å². The van der Waals surface area contributed by atoms with Crippen LogP contribution in [0.5, 0.6) is 0 Å². The zero-order valence-corrected chi connectivity index (χ0v) is 24.1. The van der Waals surface area contributed by atoms with Gasteiger partial charge in [-0.2, -0.15) is 4.72 Å². The molecule has 0 bridgehead atoms. The summed E-state index contributed by atoms with van der Waals surface area (Å²) in [6, 6.07) is 18.7. The van der Waals surface area contributed by atoms with E-state index < -0.39 is 22.0 Å². The Morgan fingerprint density at radius 3 is 2.24 bits per heavy atom. The van der Waals surface area contributed by atoms with Crippen molar-refractivity contribution in [3.05, 3.63) is 112 Å². The number of rotatable bonds is 10. The SMILES string of the molecule is Cc1ccc(-c2ccc(C[C@H](NS(=O)(=O)c3c(Cl)cccc3Cl)C(=O)O)cc2)cc1NC(=O)NCc1cccnc1. The fraction of sp³-hybridized carbons (Fsp3) is 0.138. The van der Waals surface area contributed by atoms with Crippen LogP contribution in [0.25, 0.3) is 11.1 Å². The third kappa shape index (κ3) is 7.83. The number of urea groups is 1. The largest absolute Gasteiger partial charge is 0.480 e. The molecular formula is C29H26Cl2N4O5S. The first kappa shape index (κ1) is 30.0.